The lowest BCUT2D eigenvalue weighted by Gasteiger charge is -2.29. The number of carbonyl (C=O) groups is 2. The van der Waals surface area contributed by atoms with Crippen LogP contribution in [0.4, 0.5) is 4.79 Å². The number of ether oxygens (including phenoxy) is 1. The van der Waals surface area contributed by atoms with E-state index in [0.29, 0.717) is 40.9 Å². The van der Waals surface area contributed by atoms with E-state index < -0.39 is 11.9 Å². The Balaban J connectivity index is 1.66. The molecule has 10 heteroatoms. The molecule has 1 fully saturated rings. The van der Waals surface area contributed by atoms with Gasteiger partial charge >= 0.3 is 6.03 Å². The summed E-state index contributed by atoms with van der Waals surface area (Å²) < 4.78 is 6.72. The summed E-state index contributed by atoms with van der Waals surface area (Å²) in [5.41, 5.74) is -0.103. The molecule has 2 atom stereocenters. The van der Waals surface area contributed by atoms with Gasteiger partial charge in [-0.25, -0.2) is 9.78 Å². The third kappa shape index (κ3) is 6.32. The van der Waals surface area contributed by atoms with Gasteiger partial charge in [0.25, 0.3) is 5.56 Å². The highest BCUT2D eigenvalue weighted by Crippen LogP contribution is 2.26. The minimum absolute atomic E-state index is 0.00186. The van der Waals surface area contributed by atoms with E-state index in [1.165, 1.54) is 29.5 Å². The van der Waals surface area contributed by atoms with E-state index in [1.54, 1.807) is 11.7 Å². The number of nitrogens with zero attached hydrogens (tertiary/aromatic N) is 2. The molecule has 2 heterocycles. The van der Waals surface area contributed by atoms with Gasteiger partial charge in [-0.05, 0) is 37.7 Å². The van der Waals surface area contributed by atoms with Crippen molar-refractivity contribution in [2.75, 3.05) is 19.5 Å². The van der Waals surface area contributed by atoms with E-state index in [1.807, 2.05) is 13.0 Å². The van der Waals surface area contributed by atoms with E-state index in [2.05, 4.69) is 22.5 Å². The monoisotopic (exact) mass is 480 g/mol. The summed E-state index contributed by atoms with van der Waals surface area (Å²) in [5.74, 6) is 0.00595. The standard InChI is InChI=1S/C22H32N4O4S2/c1-4-15-12-16-19(32-15)25-22(26(20(16)28)10-7-11-30-3)31-13-18(27)24-21(29)23-17-9-6-5-8-14(17)2/h12,14,17H,4-11,13H2,1-3H3,(H2,23,24,27,29). The number of hydrogen-bond donors (Lipinski definition) is 2. The third-order valence-corrected chi connectivity index (χ3v) is 7.91. The molecule has 2 N–H and O–H groups in total. The zero-order chi connectivity index (χ0) is 23.1. The van der Waals surface area contributed by atoms with Gasteiger partial charge in [0, 0.05) is 31.2 Å². The first-order chi connectivity index (χ1) is 15.4. The van der Waals surface area contributed by atoms with Crippen molar-refractivity contribution >= 4 is 45.3 Å². The average molecular weight is 481 g/mol. The molecule has 2 aromatic heterocycles. The number of thioether (sulfide) groups is 1. The number of thiophene rings is 1. The second-order valence-corrected chi connectivity index (χ2v) is 10.2. The van der Waals surface area contributed by atoms with Crippen molar-refractivity contribution in [3.8, 4) is 0 Å². The van der Waals surface area contributed by atoms with E-state index in [0.717, 1.165) is 30.6 Å². The van der Waals surface area contributed by atoms with Crippen LogP contribution in [0.15, 0.2) is 16.0 Å². The van der Waals surface area contributed by atoms with Crippen LogP contribution in [0.2, 0.25) is 0 Å². The normalized spacial score (nSPS) is 18.6. The Bertz CT molecular complexity index is 1000. The number of fused-ring (bicyclic) bond motifs is 1. The lowest BCUT2D eigenvalue weighted by Crippen LogP contribution is -2.48. The van der Waals surface area contributed by atoms with Crippen molar-refractivity contribution < 1.29 is 14.3 Å². The Kier molecular flexibility index (Phi) is 9.12. The Morgan fingerprint density at radius 3 is 2.84 bits per heavy atom. The van der Waals surface area contributed by atoms with Crippen LogP contribution in [-0.2, 0) is 22.5 Å². The van der Waals surface area contributed by atoms with Gasteiger partial charge in [0.2, 0.25) is 5.91 Å². The number of rotatable bonds is 9. The van der Waals surface area contributed by atoms with Crippen LogP contribution in [0, 0.1) is 5.92 Å². The lowest BCUT2D eigenvalue weighted by molar-refractivity contribution is -0.117. The SMILES string of the molecule is CCc1cc2c(=O)n(CCCOC)c(SCC(=O)NC(=O)NC3CCCCC3C)nc2s1. The topological polar surface area (TPSA) is 102 Å². The second-order valence-electron chi connectivity index (χ2n) is 8.16. The van der Waals surface area contributed by atoms with Crippen LogP contribution < -0.4 is 16.2 Å². The molecule has 32 heavy (non-hydrogen) atoms. The van der Waals surface area contributed by atoms with Crippen molar-refractivity contribution in [3.63, 3.8) is 0 Å². The zero-order valence-electron chi connectivity index (χ0n) is 18.9. The van der Waals surface area contributed by atoms with Crippen molar-refractivity contribution in [2.24, 2.45) is 5.92 Å². The third-order valence-electron chi connectivity index (χ3n) is 5.76. The second kappa shape index (κ2) is 11.8. The Morgan fingerprint density at radius 1 is 1.34 bits per heavy atom. The average Bonchev–Trinajstić information content (AvgIpc) is 3.19. The van der Waals surface area contributed by atoms with Gasteiger partial charge in [-0.1, -0.05) is 38.5 Å². The summed E-state index contributed by atoms with van der Waals surface area (Å²) in [7, 11) is 1.62. The van der Waals surface area contributed by atoms with Crippen molar-refractivity contribution in [3.05, 3.63) is 21.3 Å². The predicted molar refractivity (Wildman–Crippen MR) is 129 cm³/mol. The Labute approximate surface area is 196 Å². The van der Waals surface area contributed by atoms with Gasteiger partial charge in [0.05, 0.1) is 11.1 Å². The van der Waals surface area contributed by atoms with E-state index >= 15 is 0 Å². The summed E-state index contributed by atoms with van der Waals surface area (Å²) in [6, 6.07) is 1.55. The first kappa shape index (κ1) is 24.7. The highest BCUT2D eigenvalue weighted by molar-refractivity contribution is 7.99. The minimum Gasteiger partial charge on any atom is -0.385 e. The molecule has 2 aromatic rings. The molecule has 8 nitrogen and oxygen atoms in total. The summed E-state index contributed by atoms with van der Waals surface area (Å²) in [4.78, 5) is 44.1. The van der Waals surface area contributed by atoms with Gasteiger partial charge in [-0.2, -0.15) is 0 Å². The molecule has 1 aliphatic rings. The molecule has 0 aliphatic heterocycles. The maximum absolute atomic E-state index is 13.1. The Hall–Kier alpha value is -1.91. The van der Waals surface area contributed by atoms with Crippen molar-refractivity contribution in [2.45, 2.75) is 70.1 Å². The minimum atomic E-state index is -0.457. The van der Waals surface area contributed by atoms with Crippen LogP contribution in [0.25, 0.3) is 10.2 Å². The number of methoxy groups -OCH3 is 1. The maximum atomic E-state index is 13.1. The zero-order valence-corrected chi connectivity index (χ0v) is 20.6. The number of amides is 3. The molecule has 0 saturated heterocycles. The molecule has 0 spiro atoms. The largest absolute Gasteiger partial charge is 0.385 e. The van der Waals surface area contributed by atoms with Crippen LogP contribution in [0.3, 0.4) is 0 Å². The molecular formula is C22H32N4O4S2. The van der Waals surface area contributed by atoms with Crippen LogP contribution in [-0.4, -0.2) is 47.0 Å². The molecular weight excluding hydrogens is 448 g/mol. The molecule has 1 saturated carbocycles. The number of aromatic nitrogens is 2. The van der Waals surface area contributed by atoms with Crippen molar-refractivity contribution in [1.29, 1.82) is 0 Å². The van der Waals surface area contributed by atoms with Crippen LogP contribution in [0.1, 0.15) is 50.8 Å². The number of hydrogen-bond acceptors (Lipinski definition) is 7. The fourth-order valence-electron chi connectivity index (χ4n) is 3.92. The highest BCUT2D eigenvalue weighted by Gasteiger charge is 2.23. The van der Waals surface area contributed by atoms with Crippen LogP contribution >= 0.6 is 23.1 Å². The number of carbonyl (C=O) groups excluding carboxylic acids is 2. The predicted octanol–water partition coefficient (Wildman–Crippen LogP) is 3.55. The van der Waals surface area contributed by atoms with Gasteiger partial charge in [-0.3, -0.25) is 19.5 Å². The van der Waals surface area contributed by atoms with E-state index in [-0.39, 0.29) is 17.4 Å². The smallest absolute Gasteiger partial charge is 0.321 e. The number of imide groups is 1. The maximum Gasteiger partial charge on any atom is 0.321 e. The fourth-order valence-corrected chi connectivity index (χ4v) is 5.76. The molecule has 3 rings (SSSR count). The molecule has 3 amide bonds. The van der Waals surface area contributed by atoms with Gasteiger partial charge in [0.1, 0.15) is 4.83 Å². The van der Waals surface area contributed by atoms with E-state index in [4.69, 9.17) is 4.74 Å². The lowest BCUT2D eigenvalue weighted by atomic mass is 9.86. The summed E-state index contributed by atoms with van der Waals surface area (Å²) in [6.45, 7) is 5.15. The first-order valence-corrected chi connectivity index (χ1v) is 13.0. The summed E-state index contributed by atoms with van der Waals surface area (Å²) in [5, 5.41) is 6.43. The van der Waals surface area contributed by atoms with Crippen LogP contribution in [0.5, 0.6) is 0 Å². The first-order valence-electron chi connectivity index (χ1n) is 11.2. The summed E-state index contributed by atoms with van der Waals surface area (Å²) in [6.07, 6.45) is 5.81. The van der Waals surface area contributed by atoms with Gasteiger partial charge < -0.3 is 10.1 Å². The molecule has 0 bridgehead atoms. The highest BCUT2D eigenvalue weighted by atomic mass is 32.2. The van der Waals surface area contributed by atoms with Gasteiger partial charge in [-0.15, -0.1) is 11.3 Å². The van der Waals surface area contributed by atoms with E-state index in [9.17, 15) is 14.4 Å². The summed E-state index contributed by atoms with van der Waals surface area (Å²) >= 11 is 2.67. The fraction of sp³-hybridized carbons (Fsp3) is 0.636. The van der Waals surface area contributed by atoms with Gasteiger partial charge in [0.15, 0.2) is 5.16 Å². The molecule has 176 valence electrons. The van der Waals surface area contributed by atoms with Crippen molar-refractivity contribution in [1.82, 2.24) is 20.2 Å². The number of urea groups is 1. The Morgan fingerprint density at radius 2 is 2.12 bits per heavy atom. The number of aryl methyl sites for hydroxylation is 1. The number of nitrogens with one attached hydrogen (secondary N) is 2. The molecule has 2 unspecified atom stereocenters. The molecule has 0 aromatic carbocycles. The quantitative estimate of drug-likeness (QED) is 0.323. The molecule has 1 aliphatic carbocycles. The molecule has 0 radical (unpaired) electrons.